The molecular weight excluding hydrogens is 330 g/mol. The number of para-hydroxylation sites is 1. The van der Waals surface area contributed by atoms with Gasteiger partial charge in [-0.15, -0.1) is 0 Å². The van der Waals surface area contributed by atoms with Gasteiger partial charge in [-0.05, 0) is 48.6 Å². The van der Waals surface area contributed by atoms with Gasteiger partial charge in [0.25, 0.3) is 5.91 Å². The van der Waals surface area contributed by atoms with Crippen LogP contribution in [0.4, 0.5) is 5.69 Å². The summed E-state index contributed by atoms with van der Waals surface area (Å²) < 4.78 is 10.2. The largest absolute Gasteiger partial charge is 0.497 e. The second kappa shape index (κ2) is 9.61. The first-order valence-electron chi connectivity index (χ1n) is 8.70. The van der Waals surface area contributed by atoms with E-state index in [0.717, 1.165) is 34.5 Å². The fourth-order valence-corrected chi connectivity index (χ4v) is 2.63. The van der Waals surface area contributed by atoms with Gasteiger partial charge in [0.15, 0.2) is 6.61 Å². The number of ether oxygens (including phenoxy) is 2. The van der Waals surface area contributed by atoms with Crippen molar-refractivity contribution >= 4 is 17.6 Å². The number of benzene rings is 2. The van der Waals surface area contributed by atoms with Gasteiger partial charge in [-0.25, -0.2) is 0 Å². The molecule has 2 aromatic carbocycles. The fourth-order valence-electron chi connectivity index (χ4n) is 2.63. The van der Waals surface area contributed by atoms with Crippen LogP contribution in [0.15, 0.2) is 42.5 Å². The van der Waals surface area contributed by atoms with E-state index < -0.39 is 5.97 Å². The Morgan fingerprint density at radius 1 is 1.08 bits per heavy atom. The Bertz CT molecular complexity index is 753. The molecule has 2 rings (SSSR count). The molecule has 0 saturated carbocycles. The van der Waals surface area contributed by atoms with Crippen molar-refractivity contribution in [2.75, 3.05) is 19.0 Å². The maximum absolute atomic E-state index is 12.1. The van der Waals surface area contributed by atoms with E-state index in [1.165, 1.54) is 0 Å². The number of carbonyl (C=O) groups is 2. The molecule has 0 radical (unpaired) electrons. The molecule has 0 heterocycles. The number of methoxy groups -OCH3 is 1. The normalized spacial score (nSPS) is 10.3. The molecule has 0 spiro atoms. The van der Waals surface area contributed by atoms with Gasteiger partial charge < -0.3 is 14.8 Å². The molecule has 2 aromatic rings. The SMILES string of the molecule is CCc1cccc(C)c1NC(=O)COC(=O)CCc1ccc(OC)cc1. The highest BCUT2D eigenvalue weighted by Gasteiger charge is 2.11. The lowest BCUT2D eigenvalue weighted by Gasteiger charge is -2.13. The van der Waals surface area contributed by atoms with Crippen molar-refractivity contribution in [2.45, 2.75) is 33.1 Å². The topological polar surface area (TPSA) is 64.6 Å². The lowest BCUT2D eigenvalue weighted by Crippen LogP contribution is -2.22. The molecule has 0 aliphatic rings. The Balaban J connectivity index is 1.79. The number of hydrogen-bond donors (Lipinski definition) is 1. The number of esters is 1. The molecule has 138 valence electrons. The third-order valence-corrected chi connectivity index (χ3v) is 4.15. The van der Waals surface area contributed by atoms with Crippen LogP contribution in [0.5, 0.6) is 5.75 Å². The monoisotopic (exact) mass is 355 g/mol. The predicted octanol–water partition coefficient (Wildman–Crippen LogP) is 3.68. The van der Waals surface area contributed by atoms with Crippen molar-refractivity contribution in [3.05, 3.63) is 59.2 Å². The molecule has 0 saturated heterocycles. The molecule has 0 fully saturated rings. The van der Waals surface area contributed by atoms with Gasteiger partial charge in [-0.3, -0.25) is 9.59 Å². The summed E-state index contributed by atoms with van der Waals surface area (Å²) in [4.78, 5) is 23.9. The molecule has 5 heteroatoms. The molecule has 0 aromatic heterocycles. The maximum atomic E-state index is 12.1. The molecule has 0 unspecified atom stereocenters. The number of nitrogens with one attached hydrogen (secondary N) is 1. The molecule has 26 heavy (non-hydrogen) atoms. The van der Waals surface area contributed by atoms with Crippen molar-refractivity contribution in [3.63, 3.8) is 0 Å². The highest BCUT2D eigenvalue weighted by molar-refractivity contribution is 5.94. The van der Waals surface area contributed by atoms with Crippen LogP contribution in [0.3, 0.4) is 0 Å². The Labute approximate surface area is 154 Å². The van der Waals surface area contributed by atoms with E-state index in [1.54, 1.807) is 7.11 Å². The first kappa shape index (κ1) is 19.5. The van der Waals surface area contributed by atoms with E-state index in [0.29, 0.717) is 6.42 Å². The third-order valence-electron chi connectivity index (χ3n) is 4.15. The quantitative estimate of drug-likeness (QED) is 0.734. The maximum Gasteiger partial charge on any atom is 0.306 e. The third kappa shape index (κ3) is 5.62. The lowest BCUT2D eigenvalue weighted by molar-refractivity contribution is -0.147. The van der Waals surface area contributed by atoms with E-state index in [-0.39, 0.29) is 18.9 Å². The van der Waals surface area contributed by atoms with E-state index in [2.05, 4.69) is 5.32 Å². The van der Waals surface area contributed by atoms with Crippen molar-refractivity contribution in [2.24, 2.45) is 0 Å². The van der Waals surface area contributed by atoms with Crippen molar-refractivity contribution in [3.8, 4) is 5.75 Å². The summed E-state index contributed by atoms with van der Waals surface area (Å²) in [6.45, 7) is 3.69. The van der Waals surface area contributed by atoms with E-state index in [4.69, 9.17) is 9.47 Å². The summed E-state index contributed by atoms with van der Waals surface area (Å²) in [6.07, 6.45) is 1.60. The minimum Gasteiger partial charge on any atom is -0.497 e. The zero-order valence-corrected chi connectivity index (χ0v) is 15.5. The molecule has 0 atom stereocenters. The zero-order valence-electron chi connectivity index (χ0n) is 15.5. The fraction of sp³-hybridized carbons (Fsp3) is 0.333. The molecule has 0 bridgehead atoms. The van der Waals surface area contributed by atoms with Crippen LogP contribution in [0.2, 0.25) is 0 Å². The Morgan fingerprint density at radius 2 is 1.81 bits per heavy atom. The van der Waals surface area contributed by atoms with Gasteiger partial charge in [0.2, 0.25) is 0 Å². The van der Waals surface area contributed by atoms with Crippen LogP contribution in [0, 0.1) is 6.92 Å². The second-order valence-corrected chi connectivity index (χ2v) is 6.02. The van der Waals surface area contributed by atoms with E-state index in [1.807, 2.05) is 56.3 Å². The van der Waals surface area contributed by atoms with Crippen LogP contribution in [-0.2, 0) is 27.2 Å². The van der Waals surface area contributed by atoms with Gasteiger partial charge >= 0.3 is 5.97 Å². The minimum atomic E-state index is -0.392. The summed E-state index contributed by atoms with van der Waals surface area (Å²) in [5.41, 5.74) is 3.86. The zero-order chi connectivity index (χ0) is 18.9. The first-order chi connectivity index (χ1) is 12.5. The van der Waals surface area contributed by atoms with Gasteiger partial charge in [0.1, 0.15) is 5.75 Å². The van der Waals surface area contributed by atoms with Crippen molar-refractivity contribution in [1.29, 1.82) is 0 Å². The van der Waals surface area contributed by atoms with Crippen LogP contribution in [0.25, 0.3) is 0 Å². The lowest BCUT2D eigenvalue weighted by atomic mass is 10.1. The summed E-state index contributed by atoms with van der Waals surface area (Å²) >= 11 is 0. The van der Waals surface area contributed by atoms with Crippen molar-refractivity contribution in [1.82, 2.24) is 0 Å². The predicted molar refractivity (Wildman–Crippen MR) is 101 cm³/mol. The van der Waals surface area contributed by atoms with E-state index in [9.17, 15) is 9.59 Å². The number of hydrogen-bond acceptors (Lipinski definition) is 4. The summed E-state index contributed by atoms with van der Waals surface area (Å²) in [7, 11) is 1.61. The second-order valence-electron chi connectivity index (χ2n) is 6.02. The highest BCUT2D eigenvalue weighted by atomic mass is 16.5. The first-order valence-corrected chi connectivity index (χ1v) is 8.70. The number of aryl methyl sites for hydroxylation is 3. The molecule has 0 aliphatic heterocycles. The van der Waals surface area contributed by atoms with Gasteiger partial charge in [-0.2, -0.15) is 0 Å². The van der Waals surface area contributed by atoms with Gasteiger partial charge in [0, 0.05) is 12.1 Å². The molecule has 5 nitrogen and oxygen atoms in total. The highest BCUT2D eigenvalue weighted by Crippen LogP contribution is 2.21. The number of carbonyl (C=O) groups excluding carboxylic acids is 2. The Morgan fingerprint density at radius 3 is 2.46 bits per heavy atom. The van der Waals surface area contributed by atoms with Crippen LogP contribution in [0.1, 0.15) is 30.0 Å². The average Bonchev–Trinajstić information content (AvgIpc) is 2.66. The minimum absolute atomic E-state index is 0.226. The van der Waals surface area contributed by atoms with Crippen LogP contribution in [-0.4, -0.2) is 25.6 Å². The standard InChI is InChI=1S/C21H25NO4/c1-4-17-7-5-6-15(2)21(17)22-19(23)14-26-20(24)13-10-16-8-11-18(25-3)12-9-16/h5-9,11-12H,4,10,13-14H2,1-3H3,(H,22,23). The smallest absolute Gasteiger partial charge is 0.306 e. The van der Waals surface area contributed by atoms with Gasteiger partial charge in [0.05, 0.1) is 7.11 Å². The number of amides is 1. The summed E-state index contributed by atoms with van der Waals surface area (Å²) in [6, 6.07) is 13.4. The van der Waals surface area contributed by atoms with E-state index >= 15 is 0 Å². The molecule has 0 aliphatic carbocycles. The molecule has 1 N–H and O–H groups in total. The van der Waals surface area contributed by atoms with Crippen LogP contribution >= 0.6 is 0 Å². The Hall–Kier alpha value is -2.82. The van der Waals surface area contributed by atoms with Crippen molar-refractivity contribution < 1.29 is 19.1 Å². The summed E-state index contributed by atoms with van der Waals surface area (Å²) in [5, 5.41) is 2.84. The molecule has 1 amide bonds. The number of anilines is 1. The molecular formula is C21H25NO4. The van der Waals surface area contributed by atoms with Crippen LogP contribution < -0.4 is 10.1 Å². The Kier molecular flexibility index (Phi) is 7.21. The average molecular weight is 355 g/mol. The number of rotatable bonds is 8. The van der Waals surface area contributed by atoms with Gasteiger partial charge in [-0.1, -0.05) is 37.3 Å². The summed E-state index contributed by atoms with van der Waals surface area (Å²) in [5.74, 6) is 0.0546.